The zero-order valence-corrected chi connectivity index (χ0v) is 51.0. The van der Waals surface area contributed by atoms with Crippen LogP contribution in [0.1, 0.15) is 94.8 Å². The van der Waals surface area contributed by atoms with Crippen molar-refractivity contribution in [3.8, 4) is 0 Å². The van der Waals surface area contributed by atoms with Gasteiger partial charge in [0.2, 0.25) is 10.8 Å². The van der Waals surface area contributed by atoms with E-state index in [1.165, 1.54) is 12.2 Å². The van der Waals surface area contributed by atoms with Crippen LogP contribution < -0.4 is 0 Å². The lowest BCUT2D eigenvalue weighted by molar-refractivity contribution is -0.165. The van der Waals surface area contributed by atoms with Crippen LogP contribution in [0.4, 0.5) is 0 Å². The van der Waals surface area contributed by atoms with Crippen molar-refractivity contribution in [2.24, 2.45) is 0 Å². The van der Waals surface area contributed by atoms with E-state index in [4.69, 9.17) is 28.9 Å². The topological polar surface area (TPSA) is 199 Å². The second kappa shape index (κ2) is 22.6. The molecule has 0 fully saturated rings. The summed E-state index contributed by atoms with van der Waals surface area (Å²) in [6, 6.07) is 64.7. The van der Waals surface area contributed by atoms with Gasteiger partial charge >= 0.3 is 23.9 Å². The molecule has 2 heterocycles. The summed E-state index contributed by atoms with van der Waals surface area (Å²) in [5.41, 5.74) is -4.86. The van der Waals surface area contributed by atoms with E-state index >= 15 is 19.2 Å². The molecule has 2 aromatic heterocycles. The average molecular weight is 1270 g/mol. The van der Waals surface area contributed by atoms with Gasteiger partial charge in [0, 0.05) is 33.4 Å². The molecule has 14 nitrogen and oxygen atoms in total. The first kappa shape index (κ1) is 57.4. The Morgan fingerprint density at radius 3 is 0.830 bits per heavy atom. The Kier molecular flexibility index (Phi) is 13.8. The normalized spacial score (nSPS) is 14.7. The van der Waals surface area contributed by atoms with Gasteiger partial charge in [0.25, 0.3) is 0 Å². The minimum atomic E-state index is -2.86. The highest BCUT2D eigenvalue weighted by Crippen LogP contribution is 2.67. The fraction of sp³-hybridized carbons (Fsp3) is 0.0769. The maximum Gasteiger partial charge on any atom is 0.334 e. The van der Waals surface area contributed by atoms with Crippen LogP contribution in [0.3, 0.4) is 0 Å². The maximum absolute atomic E-state index is 16.3. The molecule has 0 atom stereocenters. The summed E-state index contributed by atoms with van der Waals surface area (Å²) in [6.45, 7) is -1.60. The molecule has 0 aliphatic heterocycles. The van der Waals surface area contributed by atoms with Crippen LogP contribution in [0.15, 0.2) is 230 Å². The number of rotatable bonds is 14. The molecule has 0 amide bonds. The first-order valence-electron chi connectivity index (χ1n) is 30.1. The number of carbonyl (C=O) groups excluding carboxylic acids is 8. The van der Waals surface area contributed by atoms with Gasteiger partial charge in [0.05, 0.1) is 32.3 Å². The fourth-order valence-corrected chi connectivity index (χ4v) is 15.5. The number of fused-ring (bicyclic) bond motifs is 10. The van der Waals surface area contributed by atoms with Crippen molar-refractivity contribution in [3.63, 3.8) is 0 Å². The molecule has 0 unspecified atom stereocenters. The number of hydrogen-bond donors (Lipinski definition) is 0. The van der Waals surface area contributed by atoms with Gasteiger partial charge in [-0.3, -0.25) is 38.4 Å². The Labute approximate surface area is 542 Å². The number of ether oxygens (including phenoxy) is 4. The van der Waals surface area contributed by atoms with Crippen molar-refractivity contribution in [2.75, 3.05) is 0 Å². The Balaban J connectivity index is 0.926. The molecule has 12 aromatic rings. The third-order valence-corrected chi connectivity index (χ3v) is 19.7. The standard InChI is InChI=1S/C78H46N2O12S2/c81-65-55-33-51-29-47-25-13-14-26-48(47)30-52(51)34-56(55)66(82)59(65)37-61-79-71-70(94-61)64-63(77(71,73(85)89-39-43-17-5-1-6-18-43)74(86)90-40-44-19-7-2-8-20-44)69-72(78(64,75(87)91-41-45-21-9-3-10-22-45)76(88)92-42-46-23-11-4-12-24-46)80-62(93-69)38-60-67(83)57-35-53-31-49-27-15-16-28-50(49)32-54(53)36-58(57)68(60)84/h1-38H,39-42H2. The summed E-state index contributed by atoms with van der Waals surface area (Å²) in [4.78, 5) is 134. The van der Waals surface area contributed by atoms with Gasteiger partial charge < -0.3 is 18.9 Å². The molecule has 94 heavy (non-hydrogen) atoms. The van der Waals surface area contributed by atoms with Gasteiger partial charge in [-0.05, 0) is 126 Å². The fourth-order valence-electron chi connectivity index (χ4n) is 13.1. The molecule has 16 heteroatoms. The highest BCUT2D eigenvalue weighted by Gasteiger charge is 2.73. The number of Topliss-reactive ketones (excluding diaryl/α,β-unsaturated/α-hetero) is 4. The van der Waals surface area contributed by atoms with Gasteiger partial charge in [-0.15, -0.1) is 22.7 Å². The van der Waals surface area contributed by atoms with Crippen LogP contribution in [-0.4, -0.2) is 57.0 Å². The maximum atomic E-state index is 16.3. The van der Waals surface area contributed by atoms with Crippen LogP contribution in [-0.2, 0) is 75.4 Å². The van der Waals surface area contributed by atoms with Crippen molar-refractivity contribution >= 4 is 136 Å². The Bertz CT molecular complexity index is 4840. The van der Waals surface area contributed by atoms with Gasteiger partial charge in [0.1, 0.15) is 36.4 Å². The first-order chi connectivity index (χ1) is 45.9. The van der Waals surface area contributed by atoms with Gasteiger partial charge in [0.15, 0.2) is 23.1 Å². The summed E-state index contributed by atoms with van der Waals surface area (Å²) >= 11 is 1.60. The van der Waals surface area contributed by atoms with Gasteiger partial charge in [-0.1, -0.05) is 170 Å². The minimum absolute atomic E-state index is 0.0798. The van der Waals surface area contributed by atoms with E-state index in [2.05, 4.69) is 0 Å². The molecule has 0 N–H and O–H groups in total. The highest BCUT2D eigenvalue weighted by atomic mass is 32.1. The number of aromatic nitrogens is 2. The predicted octanol–water partition coefficient (Wildman–Crippen LogP) is 14.5. The summed E-state index contributed by atoms with van der Waals surface area (Å²) in [6.07, 6.45) is 2.56. The number of benzene rings is 10. The van der Waals surface area contributed by atoms with Gasteiger partial charge in [-0.25, -0.2) is 9.97 Å². The van der Waals surface area contributed by atoms with Crippen molar-refractivity contribution < 1.29 is 57.3 Å². The van der Waals surface area contributed by atoms with E-state index in [1.807, 2.05) is 72.8 Å². The number of esters is 4. The quantitative estimate of drug-likeness (QED) is 0.0249. The van der Waals surface area contributed by atoms with Crippen molar-refractivity contribution in [1.82, 2.24) is 9.97 Å². The van der Waals surface area contributed by atoms with Crippen LogP contribution in [0, 0.1) is 0 Å². The predicted molar refractivity (Wildman–Crippen MR) is 356 cm³/mol. The monoisotopic (exact) mass is 1270 g/mol. The molecular formula is C78H46N2O12S2. The molecule has 0 radical (unpaired) electrons. The van der Waals surface area contributed by atoms with Gasteiger partial charge in [-0.2, -0.15) is 0 Å². The van der Waals surface area contributed by atoms with Crippen LogP contribution in [0.25, 0.3) is 66.4 Å². The minimum Gasteiger partial charge on any atom is -0.459 e. The summed E-state index contributed by atoms with van der Waals surface area (Å²) in [5.74, 6) is -7.41. The van der Waals surface area contributed by atoms with Crippen molar-refractivity contribution in [1.29, 1.82) is 0 Å². The van der Waals surface area contributed by atoms with Crippen LogP contribution in [0.2, 0.25) is 0 Å². The number of allylic oxidation sites excluding steroid dienone is 2. The smallest absolute Gasteiger partial charge is 0.334 e. The summed E-state index contributed by atoms with van der Waals surface area (Å²) < 4.78 is 25.2. The number of carbonyl (C=O) groups is 8. The Morgan fingerprint density at radius 1 is 0.330 bits per heavy atom. The summed E-state index contributed by atoms with van der Waals surface area (Å²) in [7, 11) is 0. The molecular weight excluding hydrogens is 1220 g/mol. The van der Waals surface area contributed by atoms with E-state index in [0.717, 1.165) is 65.8 Å². The molecule has 0 bridgehead atoms. The number of hydrogen-bond acceptors (Lipinski definition) is 16. The van der Waals surface area contributed by atoms with E-state index in [1.54, 1.807) is 146 Å². The first-order valence-corrected chi connectivity index (χ1v) is 31.7. The van der Waals surface area contributed by atoms with Crippen molar-refractivity contribution in [2.45, 2.75) is 37.3 Å². The van der Waals surface area contributed by atoms with Crippen molar-refractivity contribution in [3.05, 3.63) is 305 Å². The molecule has 10 aromatic carbocycles. The largest absolute Gasteiger partial charge is 0.459 e. The molecule has 0 saturated carbocycles. The Morgan fingerprint density at radius 2 is 0.574 bits per heavy atom. The molecule has 4 aliphatic rings. The molecule has 0 saturated heterocycles. The third-order valence-electron chi connectivity index (χ3n) is 17.7. The van der Waals surface area contributed by atoms with E-state index in [0.29, 0.717) is 22.3 Å². The zero-order chi connectivity index (χ0) is 64.0. The molecule has 0 spiro atoms. The lowest BCUT2D eigenvalue weighted by Crippen LogP contribution is -2.46. The number of ketones is 4. The Hall–Kier alpha value is -11.7. The lowest BCUT2D eigenvalue weighted by Gasteiger charge is -2.27. The molecule has 4 aliphatic carbocycles. The van der Waals surface area contributed by atoms with E-state index < -0.39 is 84.3 Å². The van der Waals surface area contributed by atoms with Crippen LogP contribution >= 0.6 is 22.7 Å². The third kappa shape index (κ3) is 9.19. The highest BCUT2D eigenvalue weighted by molar-refractivity contribution is 7.16. The zero-order valence-electron chi connectivity index (χ0n) is 49.4. The molecule has 16 rings (SSSR count). The SMILES string of the molecule is O=C1C(=Cc2nc3c(s2)C2=C(c4sc(C=C5C(=O)c6cc7cc8ccccc8cc7cc6C5=O)nc4C2(C(=O)OCc2ccccc2)C(=O)OCc2ccccc2)C3(C(=O)OCc2ccccc2)C(=O)OCc2ccccc2)C(=O)c2cc3cc4ccccc4cc3cc21. The lowest BCUT2D eigenvalue weighted by atomic mass is 9.79. The number of thiazole rings is 2. The van der Waals surface area contributed by atoms with Crippen LogP contribution in [0.5, 0.6) is 0 Å². The van der Waals surface area contributed by atoms with E-state index in [-0.39, 0.29) is 75.7 Å². The average Bonchev–Trinajstić information content (AvgIpc) is 1.48. The van der Waals surface area contributed by atoms with E-state index in [9.17, 15) is 19.2 Å². The second-order valence-electron chi connectivity index (χ2n) is 23.3. The summed E-state index contributed by atoms with van der Waals surface area (Å²) in [5, 5.41) is 6.48. The molecule has 452 valence electrons. The second-order valence-corrected chi connectivity index (χ2v) is 25.3. The number of nitrogens with zero attached hydrogens (tertiary/aromatic N) is 2.